The molecule has 6 aromatic carbocycles. The summed E-state index contributed by atoms with van der Waals surface area (Å²) in [7, 11) is 0. The largest absolute Gasteiger partial charge is 0.339 e. The molecule has 3 heterocycles. The van der Waals surface area contributed by atoms with Gasteiger partial charge in [0, 0.05) is 27.5 Å². The van der Waals surface area contributed by atoms with E-state index in [0.29, 0.717) is 22.5 Å². The van der Waals surface area contributed by atoms with Gasteiger partial charge >= 0.3 is 0 Å². The molecule has 3 aromatic heterocycles. The van der Waals surface area contributed by atoms with Crippen molar-refractivity contribution < 1.29 is 0 Å². The van der Waals surface area contributed by atoms with Gasteiger partial charge in [-0.1, -0.05) is 139 Å². The average Bonchev–Trinajstić information content (AvgIpc) is 3.60. The fraction of sp³-hybridized carbons (Fsp3) is 0. The number of imidazole rings is 1. The molecule has 232 valence electrons. The van der Waals surface area contributed by atoms with E-state index >= 15 is 0 Å². The highest BCUT2D eigenvalue weighted by atomic mass is 35.5. The highest BCUT2D eigenvalue weighted by Gasteiger charge is 2.16. The van der Waals surface area contributed by atoms with Crippen LogP contribution < -0.4 is 5.32 Å². The Kier molecular flexibility index (Phi) is 7.07. The SMILES string of the molecule is Clc1ccccc1Nc1cnc2c3ccccc3c3ccc(-c4cccc(-c5nc(-c6ccccc6)nc(-c6ccccc6)n5)c4)cc3n12. The Hall–Kier alpha value is -6.37. The molecule has 7 heteroatoms. The number of fused-ring (bicyclic) bond motifs is 6. The van der Waals surface area contributed by atoms with Gasteiger partial charge in [-0.25, -0.2) is 19.9 Å². The first-order chi connectivity index (χ1) is 24.2. The molecule has 0 aliphatic heterocycles. The number of benzene rings is 6. The van der Waals surface area contributed by atoms with Crippen LogP contribution in [0, 0.1) is 0 Å². The van der Waals surface area contributed by atoms with Crippen molar-refractivity contribution in [1.82, 2.24) is 24.3 Å². The molecule has 1 N–H and O–H groups in total. The Balaban J connectivity index is 1.21. The van der Waals surface area contributed by atoms with E-state index in [-0.39, 0.29) is 0 Å². The summed E-state index contributed by atoms with van der Waals surface area (Å²) in [5.74, 6) is 2.71. The Morgan fingerprint density at radius 2 is 1.04 bits per heavy atom. The Bertz CT molecular complexity index is 2590. The molecule has 49 heavy (non-hydrogen) atoms. The Morgan fingerprint density at radius 1 is 0.469 bits per heavy atom. The van der Waals surface area contributed by atoms with Crippen LogP contribution in [-0.4, -0.2) is 24.3 Å². The molecule has 0 bridgehead atoms. The van der Waals surface area contributed by atoms with Crippen LogP contribution in [0.4, 0.5) is 11.5 Å². The van der Waals surface area contributed by atoms with E-state index in [4.69, 9.17) is 31.5 Å². The highest BCUT2D eigenvalue weighted by molar-refractivity contribution is 6.33. The summed E-state index contributed by atoms with van der Waals surface area (Å²) in [6.07, 6.45) is 1.87. The van der Waals surface area contributed by atoms with Crippen LogP contribution >= 0.6 is 11.6 Å². The van der Waals surface area contributed by atoms with Gasteiger partial charge in [-0.3, -0.25) is 4.40 Å². The number of aromatic nitrogens is 5. The zero-order valence-corrected chi connectivity index (χ0v) is 26.9. The minimum absolute atomic E-state index is 0.615. The molecule has 0 spiro atoms. The standard InChI is InChI=1S/C42H27ClN6/c43-35-20-9-10-21-36(35)45-38-26-44-42-34-19-8-7-18-32(34)33-23-22-30(25-37(33)49(38)42)29-16-11-17-31(24-29)41-47-39(27-12-3-1-4-13-27)46-40(48-41)28-14-5-2-6-15-28/h1-26,45H. The number of nitrogens with one attached hydrogen (secondary N) is 1. The van der Waals surface area contributed by atoms with Gasteiger partial charge in [0.15, 0.2) is 17.5 Å². The van der Waals surface area contributed by atoms with E-state index in [1.807, 2.05) is 91.1 Å². The van der Waals surface area contributed by atoms with E-state index in [2.05, 4.69) is 76.4 Å². The summed E-state index contributed by atoms with van der Waals surface area (Å²) in [5, 5.41) is 7.52. The van der Waals surface area contributed by atoms with Crippen molar-refractivity contribution in [2.45, 2.75) is 0 Å². The molecule has 0 aliphatic carbocycles. The van der Waals surface area contributed by atoms with Crippen LogP contribution in [0.5, 0.6) is 0 Å². The van der Waals surface area contributed by atoms with Gasteiger partial charge in [-0.05, 0) is 40.8 Å². The van der Waals surface area contributed by atoms with E-state index in [0.717, 1.165) is 66.6 Å². The van der Waals surface area contributed by atoms with Crippen LogP contribution in [0.25, 0.3) is 72.6 Å². The van der Waals surface area contributed by atoms with E-state index in [1.165, 1.54) is 0 Å². The normalized spacial score (nSPS) is 11.4. The van der Waals surface area contributed by atoms with Crippen molar-refractivity contribution >= 4 is 50.4 Å². The summed E-state index contributed by atoms with van der Waals surface area (Å²) in [6.45, 7) is 0. The van der Waals surface area contributed by atoms with Gasteiger partial charge in [0.1, 0.15) is 11.5 Å². The number of halogens is 1. The molecule has 0 saturated carbocycles. The van der Waals surface area contributed by atoms with Gasteiger partial charge in [0.25, 0.3) is 0 Å². The van der Waals surface area contributed by atoms with Crippen LogP contribution in [0.2, 0.25) is 5.02 Å². The summed E-state index contributed by atoms with van der Waals surface area (Å²) in [5.41, 5.74) is 7.60. The fourth-order valence-corrected chi connectivity index (χ4v) is 6.57. The molecular formula is C42H27ClN6. The van der Waals surface area contributed by atoms with Gasteiger partial charge in [0.05, 0.1) is 22.4 Å². The lowest BCUT2D eigenvalue weighted by atomic mass is 9.99. The Labute approximate surface area is 287 Å². The van der Waals surface area contributed by atoms with Gasteiger partial charge in [-0.2, -0.15) is 0 Å². The second-order valence-corrected chi connectivity index (χ2v) is 12.2. The molecule has 6 nitrogen and oxygen atoms in total. The lowest BCUT2D eigenvalue weighted by Gasteiger charge is -2.14. The number of para-hydroxylation sites is 1. The van der Waals surface area contributed by atoms with Crippen molar-refractivity contribution in [2.75, 3.05) is 5.32 Å². The molecule has 0 aliphatic rings. The number of rotatable bonds is 6. The lowest BCUT2D eigenvalue weighted by Crippen LogP contribution is -2.00. The third-order valence-corrected chi connectivity index (χ3v) is 9.08. The maximum absolute atomic E-state index is 6.56. The molecule has 0 saturated heterocycles. The first kappa shape index (κ1) is 28.8. The third kappa shape index (κ3) is 5.25. The third-order valence-electron chi connectivity index (χ3n) is 8.75. The number of hydrogen-bond donors (Lipinski definition) is 1. The predicted octanol–water partition coefficient (Wildman–Crippen LogP) is 10.9. The molecule has 0 amide bonds. The first-order valence-corrected chi connectivity index (χ1v) is 16.4. The summed E-state index contributed by atoms with van der Waals surface area (Å²) < 4.78 is 2.18. The topological polar surface area (TPSA) is 68.0 Å². The molecule has 0 radical (unpaired) electrons. The highest BCUT2D eigenvalue weighted by Crippen LogP contribution is 2.36. The Morgan fingerprint density at radius 3 is 1.76 bits per heavy atom. The van der Waals surface area contributed by atoms with Crippen LogP contribution in [0.1, 0.15) is 0 Å². The van der Waals surface area contributed by atoms with E-state index < -0.39 is 0 Å². The lowest BCUT2D eigenvalue weighted by molar-refractivity contribution is 1.07. The summed E-state index contributed by atoms with van der Waals surface area (Å²) in [6, 6.07) is 51.2. The predicted molar refractivity (Wildman–Crippen MR) is 200 cm³/mol. The van der Waals surface area contributed by atoms with Crippen molar-refractivity contribution in [2.24, 2.45) is 0 Å². The smallest absolute Gasteiger partial charge is 0.164 e. The molecule has 0 unspecified atom stereocenters. The first-order valence-electron chi connectivity index (χ1n) is 16.0. The monoisotopic (exact) mass is 650 g/mol. The number of nitrogens with zero attached hydrogens (tertiary/aromatic N) is 5. The second-order valence-electron chi connectivity index (χ2n) is 11.8. The van der Waals surface area contributed by atoms with Gasteiger partial charge in [-0.15, -0.1) is 0 Å². The van der Waals surface area contributed by atoms with Crippen LogP contribution in [0.15, 0.2) is 158 Å². The van der Waals surface area contributed by atoms with Crippen LogP contribution in [-0.2, 0) is 0 Å². The summed E-state index contributed by atoms with van der Waals surface area (Å²) >= 11 is 6.56. The minimum Gasteiger partial charge on any atom is -0.339 e. The number of pyridine rings is 1. The fourth-order valence-electron chi connectivity index (χ4n) is 6.39. The van der Waals surface area contributed by atoms with Gasteiger partial charge in [0.2, 0.25) is 0 Å². The second kappa shape index (κ2) is 12.0. The number of hydrogen-bond acceptors (Lipinski definition) is 5. The maximum atomic E-state index is 6.56. The zero-order valence-electron chi connectivity index (χ0n) is 26.1. The molecule has 0 atom stereocenters. The number of anilines is 2. The van der Waals surface area contributed by atoms with E-state index in [1.54, 1.807) is 0 Å². The molecule has 9 aromatic rings. The molecular weight excluding hydrogens is 624 g/mol. The molecule has 9 rings (SSSR count). The van der Waals surface area contributed by atoms with Crippen molar-refractivity contribution in [3.05, 3.63) is 163 Å². The zero-order chi connectivity index (χ0) is 32.7. The minimum atomic E-state index is 0.615. The maximum Gasteiger partial charge on any atom is 0.164 e. The summed E-state index contributed by atoms with van der Waals surface area (Å²) in [4.78, 5) is 19.7. The van der Waals surface area contributed by atoms with Gasteiger partial charge < -0.3 is 5.32 Å². The molecule has 0 fully saturated rings. The quantitative estimate of drug-likeness (QED) is 0.181. The van der Waals surface area contributed by atoms with Crippen molar-refractivity contribution in [1.29, 1.82) is 0 Å². The van der Waals surface area contributed by atoms with Crippen molar-refractivity contribution in [3.63, 3.8) is 0 Å². The van der Waals surface area contributed by atoms with E-state index in [9.17, 15) is 0 Å². The van der Waals surface area contributed by atoms with Crippen LogP contribution in [0.3, 0.4) is 0 Å². The average molecular weight is 651 g/mol. The van der Waals surface area contributed by atoms with Crippen molar-refractivity contribution in [3.8, 4) is 45.3 Å².